The monoisotopic (exact) mass is 411 g/mol. The molecule has 1 aliphatic carbocycles. The third-order valence-electron chi connectivity index (χ3n) is 5.19. The second kappa shape index (κ2) is 9.52. The van der Waals surface area contributed by atoms with Gasteiger partial charge < -0.3 is 5.32 Å². The first-order valence-corrected chi connectivity index (χ1v) is 11.2. The second-order valence-corrected chi connectivity index (χ2v) is 9.56. The van der Waals surface area contributed by atoms with Crippen LogP contribution in [0.1, 0.15) is 38.2 Å². The summed E-state index contributed by atoms with van der Waals surface area (Å²) in [6, 6.07) is 10.4. The van der Waals surface area contributed by atoms with Crippen LogP contribution < -0.4 is 10.6 Å². The van der Waals surface area contributed by atoms with Gasteiger partial charge in [0.15, 0.2) is 16.0 Å². The molecule has 152 valence electrons. The van der Waals surface area contributed by atoms with Crippen molar-refractivity contribution in [3.8, 4) is 6.19 Å². The first-order chi connectivity index (χ1) is 14.0. The predicted octanol–water partition coefficient (Wildman–Crippen LogP) is 3.47. The van der Waals surface area contributed by atoms with Crippen molar-refractivity contribution in [1.29, 1.82) is 5.26 Å². The zero-order valence-electron chi connectivity index (χ0n) is 16.4. The number of sulfone groups is 1. The molecular weight excluding hydrogens is 386 g/mol. The lowest BCUT2D eigenvalue weighted by molar-refractivity contribution is 0.382. The van der Waals surface area contributed by atoms with Crippen LogP contribution >= 0.6 is 0 Å². The fourth-order valence-electron chi connectivity index (χ4n) is 3.42. The van der Waals surface area contributed by atoms with Gasteiger partial charge in [-0.15, -0.1) is 0 Å². The van der Waals surface area contributed by atoms with Crippen molar-refractivity contribution in [3.05, 3.63) is 54.4 Å². The quantitative estimate of drug-likeness (QED) is 0.338. The number of hydrogen-bond donors (Lipinski definition) is 2. The second-order valence-electron chi connectivity index (χ2n) is 7.33. The van der Waals surface area contributed by atoms with Gasteiger partial charge in [0.1, 0.15) is 0 Å². The number of aromatic nitrogens is 1. The lowest BCUT2D eigenvalue weighted by atomic mass is 9.91. The van der Waals surface area contributed by atoms with Crippen molar-refractivity contribution in [2.45, 2.75) is 49.3 Å². The third kappa shape index (κ3) is 5.55. The van der Waals surface area contributed by atoms with Crippen LogP contribution in [0.3, 0.4) is 0 Å². The molecule has 2 aromatic rings. The highest BCUT2D eigenvalue weighted by atomic mass is 32.2. The Kier molecular flexibility index (Phi) is 6.83. The van der Waals surface area contributed by atoms with E-state index >= 15 is 0 Å². The topological polar surface area (TPSA) is 107 Å². The summed E-state index contributed by atoms with van der Waals surface area (Å²) in [5.41, 5.74) is 1.61. The number of nitrogens with zero attached hydrogens (tertiary/aromatic N) is 3. The maximum absolute atomic E-state index is 12.9. The molecule has 1 fully saturated rings. The molecule has 1 heterocycles. The molecule has 0 saturated heterocycles. The van der Waals surface area contributed by atoms with Gasteiger partial charge in [0.05, 0.1) is 16.7 Å². The van der Waals surface area contributed by atoms with Gasteiger partial charge in [0.25, 0.3) is 0 Å². The Morgan fingerprint density at radius 1 is 1.14 bits per heavy atom. The number of nitrogens with one attached hydrogen (secondary N) is 2. The molecular formula is C21H25N5O2S. The van der Waals surface area contributed by atoms with E-state index in [-0.39, 0.29) is 5.25 Å². The number of nitriles is 1. The van der Waals surface area contributed by atoms with E-state index in [0.717, 1.165) is 36.9 Å². The maximum Gasteiger partial charge on any atom is 0.209 e. The summed E-state index contributed by atoms with van der Waals surface area (Å²) in [6.07, 6.45) is 8.54. The van der Waals surface area contributed by atoms with Crippen LogP contribution in [0.25, 0.3) is 0 Å². The van der Waals surface area contributed by atoms with Crippen molar-refractivity contribution in [3.63, 3.8) is 0 Å². The van der Waals surface area contributed by atoms with Gasteiger partial charge in [-0.2, -0.15) is 5.26 Å². The SMILES string of the molecule is CC1CCC(S(=O)(=O)c2ccc(CN=C(NC#N)Nc3ccncc3)cc2)CC1. The molecule has 29 heavy (non-hydrogen) atoms. The lowest BCUT2D eigenvalue weighted by Crippen LogP contribution is -2.27. The molecule has 0 spiro atoms. The molecule has 1 aliphatic rings. The average Bonchev–Trinajstić information content (AvgIpc) is 2.73. The minimum atomic E-state index is -3.29. The molecule has 0 radical (unpaired) electrons. The number of benzene rings is 1. The van der Waals surface area contributed by atoms with Crippen LogP contribution in [0.4, 0.5) is 5.69 Å². The molecule has 1 aromatic carbocycles. The molecule has 0 unspecified atom stereocenters. The zero-order chi connectivity index (χ0) is 20.7. The van der Waals surface area contributed by atoms with Gasteiger partial charge >= 0.3 is 0 Å². The summed E-state index contributed by atoms with van der Waals surface area (Å²) in [5, 5.41) is 14.2. The fourth-order valence-corrected chi connectivity index (χ4v) is 5.22. The van der Waals surface area contributed by atoms with Crippen molar-refractivity contribution in [2.75, 3.05) is 5.32 Å². The Bertz CT molecular complexity index is 974. The molecule has 0 bridgehead atoms. The summed E-state index contributed by atoms with van der Waals surface area (Å²) < 4.78 is 25.7. The molecule has 0 atom stereocenters. The number of hydrogen-bond acceptors (Lipinski definition) is 5. The van der Waals surface area contributed by atoms with Crippen molar-refractivity contribution in [1.82, 2.24) is 10.3 Å². The zero-order valence-corrected chi connectivity index (χ0v) is 17.2. The number of guanidine groups is 1. The van der Waals surface area contributed by atoms with Gasteiger partial charge in [0.2, 0.25) is 5.96 Å². The Balaban J connectivity index is 1.67. The van der Waals surface area contributed by atoms with Crippen molar-refractivity contribution in [2.24, 2.45) is 10.9 Å². The standard InChI is InChI=1S/C21H25N5O2S/c1-16-2-6-19(7-3-16)29(27,28)20-8-4-17(5-9-20)14-24-21(25-15-22)26-18-10-12-23-13-11-18/h4-5,8-13,16,19H,2-3,6-7,14H2,1H3,(H2,23,24,25,26). The van der Waals surface area contributed by atoms with E-state index in [0.29, 0.717) is 23.3 Å². The fraction of sp³-hybridized carbons (Fsp3) is 0.381. The molecule has 1 aromatic heterocycles. The Morgan fingerprint density at radius 2 is 1.79 bits per heavy atom. The highest BCUT2D eigenvalue weighted by molar-refractivity contribution is 7.92. The van der Waals surface area contributed by atoms with Crippen LogP contribution in [-0.2, 0) is 16.4 Å². The van der Waals surface area contributed by atoms with E-state index in [4.69, 9.17) is 5.26 Å². The number of aliphatic imine (C=N–C) groups is 1. The minimum Gasteiger partial charge on any atom is -0.325 e. The normalized spacial score (nSPS) is 19.9. The van der Waals surface area contributed by atoms with Gasteiger partial charge in [-0.3, -0.25) is 10.3 Å². The summed E-state index contributed by atoms with van der Waals surface area (Å²) in [5.74, 6) is 0.922. The highest BCUT2D eigenvalue weighted by Crippen LogP contribution is 2.31. The highest BCUT2D eigenvalue weighted by Gasteiger charge is 2.30. The molecule has 1 saturated carbocycles. The summed E-state index contributed by atoms with van der Waals surface area (Å²) in [7, 11) is -3.29. The van der Waals surface area contributed by atoms with E-state index in [1.54, 1.807) is 48.8 Å². The van der Waals surface area contributed by atoms with Crippen molar-refractivity contribution < 1.29 is 8.42 Å². The van der Waals surface area contributed by atoms with Gasteiger partial charge in [-0.1, -0.05) is 19.1 Å². The molecule has 0 aliphatic heterocycles. The Hall–Kier alpha value is -2.92. The number of rotatable bonds is 5. The van der Waals surface area contributed by atoms with E-state index in [9.17, 15) is 8.42 Å². The maximum atomic E-state index is 12.9. The summed E-state index contributed by atoms with van der Waals surface area (Å²) in [4.78, 5) is 8.68. The third-order valence-corrected chi connectivity index (χ3v) is 7.47. The average molecular weight is 412 g/mol. The molecule has 3 rings (SSSR count). The number of anilines is 1. The van der Waals surface area contributed by atoms with Crippen LogP contribution in [0.2, 0.25) is 0 Å². The summed E-state index contributed by atoms with van der Waals surface area (Å²) in [6.45, 7) is 2.49. The first-order valence-electron chi connectivity index (χ1n) is 9.68. The smallest absolute Gasteiger partial charge is 0.209 e. The summed E-state index contributed by atoms with van der Waals surface area (Å²) >= 11 is 0. The van der Waals surface area contributed by atoms with E-state index in [1.807, 2.05) is 6.19 Å². The minimum absolute atomic E-state index is 0.279. The number of pyridine rings is 1. The Morgan fingerprint density at radius 3 is 2.41 bits per heavy atom. The first kappa shape index (κ1) is 20.8. The Labute approximate surface area is 171 Å². The molecule has 2 N–H and O–H groups in total. The largest absolute Gasteiger partial charge is 0.325 e. The van der Waals surface area contributed by atoms with Crippen LogP contribution in [0.5, 0.6) is 0 Å². The lowest BCUT2D eigenvalue weighted by Gasteiger charge is -2.26. The van der Waals surface area contributed by atoms with Crippen LogP contribution in [-0.4, -0.2) is 24.6 Å². The van der Waals surface area contributed by atoms with Crippen LogP contribution in [0.15, 0.2) is 58.7 Å². The van der Waals surface area contributed by atoms with Crippen LogP contribution in [0, 0.1) is 17.4 Å². The van der Waals surface area contributed by atoms with E-state index in [2.05, 4.69) is 27.5 Å². The van der Waals surface area contributed by atoms with Gasteiger partial charge in [-0.05, 0) is 61.4 Å². The van der Waals surface area contributed by atoms with Crippen molar-refractivity contribution >= 4 is 21.5 Å². The molecule has 8 heteroatoms. The molecule has 7 nitrogen and oxygen atoms in total. The predicted molar refractivity (Wildman–Crippen MR) is 113 cm³/mol. The van der Waals surface area contributed by atoms with E-state index in [1.165, 1.54) is 0 Å². The van der Waals surface area contributed by atoms with Gasteiger partial charge in [0, 0.05) is 18.1 Å². The van der Waals surface area contributed by atoms with Gasteiger partial charge in [-0.25, -0.2) is 13.4 Å². The van der Waals surface area contributed by atoms with E-state index < -0.39 is 9.84 Å². The molecule has 0 amide bonds.